The number of rotatable bonds is 8. The van der Waals surface area contributed by atoms with E-state index in [1.807, 2.05) is 40.3 Å². The van der Waals surface area contributed by atoms with E-state index in [9.17, 15) is 15.3 Å². The molecule has 1 aliphatic rings. The first kappa shape index (κ1) is 26.3. The number of nitrogens with one attached hydrogen (secondary N) is 1. The Morgan fingerprint density at radius 2 is 1.50 bits per heavy atom. The number of halogens is 1. The summed E-state index contributed by atoms with van der Waals surface area (Å²) >= 11 is 6.14. The standard InChI is InChI=1S/C31H35ClN4O2/c1-21-8-12-24(13-9-21)16-28(29(38)34-18-31(17-32,19-34)20-37)36-27-7-5-4-6-26(27)35(30(36)33)23(3)25-14-10-22(2)11-15-25/h4-15,23,28,33,37H,16-20H2,1-3H3. The summed E-state index contributed by atoms with van der Waals surface area (Å²) in [5.41, 5.74) is 6.10. The van der Waals surface area contributed by atoms with Crippen LogP contribution in [0.5, 0.6) is 0 Å². The molecule has 3 aromatic carbocycles. The van der Waals surface area contributed by atoms with Gasteiger partial charge in [0.05, 0.1) is 23.7 Å². The van der Waals surface area contributed by atoms with Crippen LogP contribution in [-0.4, -0.2) is 50.6 Å². The second-order valence-electron chi connectivity index (χ2n) is 10.8. The maximum Gasteiger partial charge on any atom is 0.246 e. The number of carbonyl (C=O) groups excluding carboxylic acids is 1. The van der Waals surface area contributed by atoms with E-state index in [-0.39, 0.29) is 24.2 Å². The van der Waals surface area contributed by atoms with Crippen molar-refractivity contribution in [2.45, 2.75) is 39.3 Å². The number of alkyl halides is 1. The summed E-state index contributed by atoms with van der Waals surface area (Å²) in [6.07, 6.45) is 0.464. The predicted molar refractivity (Wildman–Crippen MR) is 152 cm³/mol. The average molecular weight is 531 g/mol. The summed E-state index contributed by atoms with van der Waals surface area (Å²) in [4.78, 5) is 15.9. The number of imidazole rings is 1. The lowest BCUT2D eigenvalue weighted by Gasteiger charge is -2.49. The number of aromatic nitrogens is 2. The summed E-state index contributed by atoms with van der Waals surface area (Å²) in [5.74, 6) is 0.254. The summed E-state index contributed by atoms with van der Waals surface area (Å²) in [6, 6.07) is 23.9. The number of hydrogen-bond acceptors (Lipinski definition) is 3. The van der Waals surface area contributed by atoms with Crippen LogP contribution in [0.3, 0.4) is 0 Å². The molecule has 38 heavy (non-hydrogen) atoms. The van der Waals surface area contributed by atoms with Crippen molar-refractivity contribution in [2.75, 3.05) is 25.6 Å². The van der Waals surface area contributed by atoms with Gasteiger partial charge in [-0.1, -0.05) is 71.8 Å². The molecule has 6 nitrogen and oxygen atoms in total. The zero-order chi connectivity index (χ0) is 27.0. The molecule has 0 spiro atoms. The number of likely N-dealkylation sites (tertiary alicyclic amines) is 1. The lowest BCUT2D eigenvalue weighted by Crippen LogP contribution is -2.62. The maximum absolute atomic E-state index is 14.1. The minimum absolute atomic E-state index is 0.0485. The van der Waals surface area contributed by atoms with Gasteiger partial charge in [-0.05, 0) is 44.0 Å². The van der Waals surface area contributed by atoms with Gasteiger partial charge in [0, 0.05) is 30.8 Å². The SMILES string of the molecule is Cc1ccc(CC(C(=O)N2CC(CO)(CCl)C2)n2c(=N)n(C(C)c3ccc(C)cc3)c3ccccc32)cc1. The number of aliphatic hydroxyl groups excluding tert-OH is 1. The fraction of sp³-hybridized carbons (Fsp3) is 0.355. The van der Waals surface area contributed by atoms with Crippen LogP contribution >= 0.6 is 11.6 Å². The minimum atomic E-state index is -0.603. The molecule has 0 bridgehead atoms. The van der Waals surface area contributed by atoms with Gasteiger partial charge < -0.3 is 14.6 Å². The number of para-hydroxylation sites is 2. The van der Waals surface area contributed by atoms with Crippen molar-refractivity contribution < 1.29 is 9.90 Å². The molecule has 0 aliphatic carbocycles. The molecule has 0 radical (unpaired) electrons. The first-order valence-electron chi connectivity index (χ1n) is 13.1. The first-order valence-corrected chi connectivity index (χ1v) is 13.6. The molecule has 7 heteroatoms. The van der Waals surface area contributed by atoms with Crippen LogP contribution in [0.1, 0.15) is 41.3 Å². The quantitative estimate of drug-likeness (QED) is 0.315. The number of nitrogens with zero attached hydrogens (tertiary/aromatic N) is 3. The van der Waals surface area contributed by atoms with Crippen molar-refractivity contribution in [2.24, 2.45) is 5.41 Å². The number of aryl methyl sites for hydroxylation is 2. The molecule has 4 aromatic rings. The summed E-state index contributed by atoms with van der Waals surface area (Å²) in [5, 5.41) is 19.2. The maximum atomic E-state index is 14.1. The molecule has 2 N–H and O–H groups in total. The number of hydrogen-bond donors (Lipinski definition) is 2. The van der Waals surface area contributed by atoms with Gasteiger partial charge >= 0.3 is 0 Å². The molecule has 1 amide bonds. The second kappa shape index (κ2) is 10.4. The second-order valence-corrected chi connectivity index (χ2v) is 11.1. The smallest absolute Gasteiger partial charge is 0.246 e. The number of carbonyl (C=O) groups is 1. The highest BCUT2D eigenvalue weighted by atomic mass is 35.5. The van der Waals surface area contributed by atoms with Gasteiger partial charge in [0.1, 0.15) is 6.04 Å². The summed E-state index contributed by atoms with van der Waals surface area (Å²) < 4.78 is 3.91. The van der Waals surface area contributed by atoms with Gasteiger partial charge in [-0.2, -0.15) is 0 Å². The third-order valence-electron chi connectivity index (χ3n) is 7.93. The fourth-order valence-electron chi connectivity index (χ4n) is 5.51. The van der Waals surface area contributed by atoms with Gasteiger partial charge in [-0.3, -0.25) is 14.8 Å². The van der Waals surface area contributed by atoms with Crippen molar-refractivity contribution in [3.05, 3.63) is 101 Å². The van der Waals surface area contributed by atoms with Crippen molar-refractivity contribution >= 4 is 28.5 Å². The molecule has 2 heterocycles. The Bertz CT molecular complexity index is 1490. The lowest BCUT2D eigenvalue weighted by molar-refractivity contribution is -0.148. The third-order valence-corrected chi connectivity index (χ3v) is 8.50. The molecule has 1 fully saturated rings. The minimum Gasteiger partial charge on any atom is -0.396 e. The van der Waals surface area contributed by atoms with E-state index < -0.39 is 11.5 Å². The zero-order valence-corrected chi connectivity index (χ0v) is 22.9. The van der Waals surface area contributed by atoms with Crippen LogP contribution in [-0.2, 0) is 11.2 Å². The van der Waals surface area contributed by atoms with Crippen LogP contribution in [0, 0.1) is 24.7 Å². The van der Waals surface area contributed by atoms with E-state index in [2.05, 4.69) is 62.4 Å². The largest absolute Gasteiger partial charge is 0.396 e. The summed E-state index contributed by atoms with van der Waals surface area (Å²) in [7, 11) is 0. The number of amides is 1. The monoisotopic (exact) mass is 530 g/mol. The normalized spacial score (nSPS) is 16.3. The van der Waals surface area contributed by atoms with Gasteiger partial charge in [0.2, 0.25) is 11.5 Å². The van der Waals surface area contributed by atoms with E-state index in [0.29, 0.717) is 25.4 Å². The van der Waals surface area contributed by atoms with E-state index in [1.165, 1.54) is 5.56 Å². The van der Waals surface area contributed by atoms with E-state index in [0.717, 1.165) is 27.7 Å². The van der Waals surface area contributed by atoms with Crippen LogP contribution in [0.4, 0.5) is 0 Å². The number of benzene rings is 3. The molecule has 1 saturated heterocycles. The molecular weight excluding hydrogens is 496 g/mol. The fourth-order valence-corrected chi connectivity index (χ4v) is 5.76. The Morgan fingerprint density at radius 1 is 0.947 bits per heavy atom. The molecule has 0 saturated carbocycles. The van der Waals surface area contributed by atoms with E-state index in [1.54, 1.807) is 4.90 Å². The average Bonchev–Trinajstić information content (AvgIpc) is 3.19. The highest BCUT2D eigenvalue weighted by Gasteiger charge is 2.46. The lowest BCUT2D eigenvalue weighted by atomic mass is 9.82. The Kier molecular flexibility index (Phi) is 7.21. The molecule has 2 atom stereocenters. The molecule has 5 rings (SSSR count). The summed E-state index contributed by atoms with van der Waals surface area (Å²) in [6.45, 7) is 7.00. The Morgan fingerprint density at radius 3 is 2.05 bits per heavy atom. The van der Waals surface area contributed by atoms with E-state index >= 15 is 0 Å². The van der Waals surface area contributed by atoms with Gasteiger partial charge in [0.15, 0.2) is 0 Å². The number of aliphatic hydroxyl groups is 1. The van der Waals surface area contributed by atoms with Crippen LogP contribution in [0.2, 0.25) is 0 Å². The Labute approximate surface area is 228 Å². The van der Waals surface area contributed by atoms with E-state index in [4.69, 9.17) is 11.6 Å². The highest BCUT2D eigenvalue weighted by Crippen LogP contribution is 2.34. The number of fused-ring (bicyclic) bond motifs is 1. The van der Waals surface area contributed by atoms with Crippen molar-refractivity contribution in [3.8, 4) is 0 Å². The van der Waals surface area contributed by atoms with Crippen molar-refractivity contribution in [1.29, 1.82) is 5.41 Å². The van der Waals surface area contributed by atoms with Gasteiger partial charge in [0.25, 0.3) is 0 Å². The third kappa shape index (κ3) is 4.67. The molecule has 1 aromatic heterocycles. The Hall–Kier alpha value is -3.35. The van der Waals surface area contributed by atoms with Crippen molar-refractivity contribution in [3.63, 3.8) is 0 Å². The van der Waals surface area contributed by atoms with Gasteiger partial charge in [-0.15, -0.1) is 11.6 Å². The van der Waals surface area contributed by atoms with Crippen LogP contribution in [0.15, 0.2) is 72.8 Å². The highest BCUT2D eigenvalue weighted by molar-refractivity contribution is 6.18. The predicted octanol–water partition coefficient (Wildman–Crippen LogP) is 4.99. The Balaban J connectivity index is 1.62. The zero-order valence-electron chi connectivity index (χ0n) is 22.2. The molecule has 198 valence electrons. The molecule has 1 aliphatic heterocycles. The van der Waals surface area contributed by atoms with Gasteiger partial charge in [-0.25, -0.2) is 0 Å². The molecular formula is C31H35ClN4O2. The molecule has 2 unspecified atom stereocenters. The van der Waals surface area contributed by atoms with Crippen LogP contribution < -0.4 is 5.62 Å². The topological polar surface area (TPSA) is 74.2 Å². The van der Waals surface area contributed by atoms with Crippen molar-refractivity contribution in [1.82, 2.24) is 14.0 Å². The van der Waals surface area contributed by atoms with Crippen LogP contribution in [0.25, 0.3) is 11.0 Å². The first-order chi connectivity index (χ1) is 18.3.